The summed E-state index contributed by atoms with van der Waals surface area (Å²) < 4.78 is 0. The molecule has 1 aliphatic rings. The molecule has 0 unspecified atom stereocenters. The SMILES string of the molecule is CCNc1nc(NCC2CCC2)nc(N(CC)CC)n1. The van der Waals surface area contributed by atoms with E-state index in [1.807, 2.05) is 6.92 Å². The van der Waals surface area contributed by atoms with Gasteiger partial charge in [-0.25, -0.2) is 0 Å². The molecule has 0 bridgehead atoms. The second-order valence-corrected chi connectivity index (χ2v) is 5.16. The van der Waals surface area contributed by atoms with Crippen LogP contribution in [0, 0.1) is 5.92 Å². The van der Waals surface area contributed by atoms with E-state index in [2.05, 4.69) is 44.3 Å². The van der Waals surface area contributed by atoms with Gasteiger partial charge < -0.3 is 15.5 Å². The first kappa shape index (κ1) is 14.8. The van der Waals surface area contributed by atoms with Crippen molar-refractivity contribution in [2.45, 2.75) is 40.0 Å². The zero-order chi connectivity index (χ0) is 14.4. The van der Waals surface area contributed by atoms with E-state index < -0.39 is 0 Å². The molecule has 0 aliphatic heterocycles. The van der Waals surface area contributed by atoms with Crippen LogP contribution in [0.2, 0.25) is 0 Å². The molecule has 0 atom stereocenters. The summed E-state index contributed by atoms with van der Waals surface area (Å²) in [6, 6.07) is 0. The van der Waals surface area contributed by atoms with Crippen LogP contribution in [0.1, 0.15) is 40.0 Å². The minimum absolute atomic E-state index is 0.653. The van der Waals surface area contributed by atoms with Gasteiger partial charge in [-0.1, -0.05) is 6.42 Å². The van der Waals surface area contributed by atoms with Crippen molar-refractivity contribution in [1.29, 1.82) is 0 Å². The fraction of sp³-hybridized carbons (Fsp3) is 0.786. The lowest BCUT2D eigenvalue weighted by Gasteiger charge is -2.25. The highest BCUT2D eigenvalue weighted by Gasteiger charge is 2.18. The molecule has 1 aromatic rings. The van der Waals surface area contributed by atoms with Crippen LogP contribution in [0.3, 0.4) is 0 Å². The molecule has 2 rings (SSSR count). The molecule has 0 amide bonds. The first-order valence-electron chi connectivity index (χ1n) is 7.75. The van der Waals surface area contributed by atoms with Crippen LogP contribution in [0.25, 0.3) is 0 Å². The van der Waals surface area contributed by atoms with Crippen molar-refractivity contribution in [3.63, 3.8) is 0 Å². The maximum absolute atomic E-state index is 4.54. The molecule has 1 aromatic heterocycles. The first-order chi connectivity index (χ1) is 9.76. The van der Waals surface area contributed by atoms with E-state index >= 15 is 0 Å². The number of rotatable bonds is 8. The van der Waals surface area contributed by atoms with Gasteiger partial charge in [-0.05, 0) is 39.5 Å². The molecule has 20 heavy (non-hydrogen) atoms. The Balaban J connectivity index is 2.11. The Morgan fingerprint density at radius 3 is 2.15 bits per heavy atom. The molecule has 0 radical (unpaired) electrons. The Hall–Kier alpha value is -1.59. The molecule has 6 nitrogen and oxygen atoms in total. The Morgan fingerprint density at radius 2 is 1.65 bits per heavy atom. The van der Waals surface area contributed by atoms with E-state index in [-0.39, 0.29) is 0 Å². The molecule has 6 heteroatoms. The number of aromatic nitrogens is 3. The summed E-state index contributed by atoms with van der Waals surface area (Å²) in [6.45, 7) is 9.84. The lowest BCUT2D eigenvalue weighted by molar-refractivity contribution is 0.333. The Labute approximate surface area is 121 Å². The van der Waals surface area contributed by atoms with Gasteiger partial charge in [0.15, 0.2) is 0 Å². The van der Waals surface area contributed by atoms with Crippen molar-refractivity contribution in [1.82, 2.24) is 15.0 Å². The van der Waals surface area contributed by atoms with Crippen molar-refractivity contribution >= 4 is 17.8 Å². The second kappa shape index (κ2) is 7.26. The smallest absolute Gasteiger partial charge is 0.231 e. The summed E-state index contributed by atoms with van der Waals surface area (Å²) in [5, 5.41) is 6.54. The van der Waals surface area contributed by atoms with Gasteiger partial charge in [0, 0.05) is 26.2 Å². The van der Waals surface area contributed by atoms with Gasteiger partial charge in [-0.3, -0.25) is 0 Å². The molecule has 0 aromatic carbocycles. The lowest BCUT2D eigenvalue weighted by Crippen LogP contribution is -2.26. The quantitative estimate of drug-likeness (QED) is 0.761. The standard InChI is InChI=1S/C14H26N6/c1-4-15-12-17-13(16-10-11-8-7-9-11)19-14(18-12)20(5-2)6-3/h11H,4-10H2,1-3H3,(H2,15,16,17,18,19). The van der Waals surface area contributed by atoms with Crippen molar-refractivity contribution < 1.29 is 0 Å². The normalized spacial score (nSPS) is 14.8. The topological polar surface area (TPSA) is 66.0 Å². The minimum Gasteiger partial charge on any atom is -0.354 e. The highest BCUT2D eigenvalue weighted by atomic mass is 15.3. The summed E-state index contributed by atoms with van der Waals surface area (Å²) in [4.78, 5) is 15.6. The molecule has 1 aliphatic carbocycles. The highest BCUT2D eigenvalue weighted by Crippen LogP contribution is 2.26. The van der Waals surface area contributed by atoms with Gasteiger partial charge in [0.05, 0.1) is 0 Å². The summed E-state index contributed by atoms with van der Waals surface area (Å²) in [6.07, 6.45) is 4.00. The number of hydrogen-bond acceptors (Lipinski definition) is 6. The van der Waals surface area contributed by atoms with E-state index in [0.29, 0.717) is 11.9 Å². The molecule has 2 N–H and O–H groups in total. The van der Waals surface area contributed by atoms with Gasteiger partial charge in [0.25, 0.3) is 0 Å². The van der Waals surface area contributed by atoms with E-state index in [9.17, 15) is 0 Å². The van der Waals surface area contributed by atoms with E-state index in [1.165, 1.54) is 19.3 Å². The maximum Gasteiger partial charge on any atom is 0.231 e. The summed E-state index contributed by atoms with van der Waals surface area (Å²) >= 11 is 0. The van der Waals surface area contributed by atoms with Crippen LogP contribution < -0.4 is 15.5 Å². The zero-order valence-corrected chi connectivity index (χ0v) is 12.8. The predicted molar refractivity (Wildman–Crippen MR) is 83.4 cm³/mol. The number of nitrogens with zero attached hydrogens (tertiary/aromatic N) is 4. The van der Waals surface area contributed by atoms with Crippen LogP contribution in [-0.2, 0) is 0 Å². The van der Waals surface area contributed by atoms with E-state index in [4.69, 9.17) is 0 Å². The van der Waals surface area contributed by atoms with Crippen molar-refractivity contribution in [3.05, 3.63) is 0 Å². The average Bonchev–Trinajstić information content (AvgIpc) is 2.39. The van der Waals surface area contributed by atoms with Crippen molar-refractivity contribution in [3.8, 4) is 0 Å². The van der Waals surface area contributed by atoms with E-state index in [1.54, 1.807) is 0 Å². The monoisotopic (exact) mass is 278 g/mol. The lowest BCUT2D eigenvalue weighted by atomic mass is 9.85. The predicted octanol–water partition coefficient (Wildman–Crippen LogP) is 2.36. The number of nitrogens with one attached hydrogen (secondary N) is 2. The van der Waals surface area contributed by atoms with Gasteiger partial charge in [-0.15, -0.1) is 0 Å². The first-order valence-corrected chi connectivity index (χ1v) is 7.75. The second-order valence-electron chi connectivity index (χ2n) is 5.16. The average molecular weight is 278 g/mol. The van der Waals surface area contributed by atoms with Crippen molar-refractivity contribution in [2.24, 2.45) is 5.92 Å². The molecule has 1 saturated carbocycles. The van der Waals surface area contributed by atoms with Gasteiger partial charge >= 0.3 is 0 Å². The van der Waals surface area contributed by atoms with Crippen LogP contribution >= 0.6 is 0 Å². The molecular weight excluding hydrogens is 252 g/mol. The summed E-state index contributed by atoms with van der Waals surface area (Å²) in [5.74, 6) is 2.87. The highest BCUT2D eigenvalue weighted by molar-refractivity contribution is 5.43. The molecule has 1 fully saturated rings. The largest absolute Gasteiger partial charge is 0.354 e. The van der Waals surface area contributed by atoms with Crippen LogP contribution in [0.5, 0.6) is 0 Å². The third-order valence-electron chi connectivity index (χ3n) is 3.78. The Bertz CT molecular complexity index is 414. The van der Waals surface area contributed by atoms with Gasteiger partial charge in [0.1, 0.15) is 0 Å². The molecule has 112 valence electrons. The van der Waals surface area contributed by atoms with Gasteiger partial charge in [0.2, 0.25) is 17.8 Å². The third-order valence-corrected chi connectivity index (χ3v) is 3.78. The number of hydrogen-bond donors (Lipinski definition) is 2. The van der Waals surface area contributed by atoms with Crippen molar-refractivity contribution in [2.75, 3.05) is 41.7 Å². The van der Waals surface area contributed by atoms with E-state index in [0.717, 1.165) is 38.0 Å². The summed E-state index contributed by atoms with van der Waals surface area (Å²) in [5.41, 5.74) is 0. The fourth-order valence-electron chi connectivity index (χ4n) is 2.26. The summed E-state index contributed by atoms with van der Waals surface area (Å²) in [7, 11) is 0. The van der Waals surface area contributed by atoms with Gasteiger partial charge in [-0.2, -0.15) is 15.0 Å². The zero-order valence-electron chi connectivity index (χ0n) is 12.8. The maximum atomic E-state index is 4.54. The molecule has 1 heterocycles. The molecule has 0 spiro atoms. The fourth-order valence-corrected chi connectivity index (χ4v) is 2.26. The molecular formula is C14H26N6. The number of anilines is 3. The third kappa shape index (κ3) is 3.71. The Morgan fingerprint density at radius 1 is 1.00 bits per heavy atom. The Kier molecular flexibility index (Phi) is 5.38. The van der Waals surface area contributed by atoms with Crippen LogP contribution in [0.15, 0.2) is 0 Å². The molecule has 0 saturated heterocycles. The van der Waals surface area contributed by atoms with Crippen LogP contribution in [0.4, 0.5) is 17.8 Å². The minimum atomic E-state index is 0.653. The van der Waals surface area contributed by atoms with Crippen LogP contribution in [-0.4, -0.2) is 41.1 Å².